The third-order valence-electron chi connectivity index (χ3n) is 4.54. The lowest BCUT2D eigenvalue weighted by Gasteiger charge is -2.29. The summed E-state index contributed by atoms with van der Waals surface area (Å²) in [5.74, 6) is 0.956. The Kier molecular flexibility index (Phi) is 9.49. The van der Waals surface area contributed by atoms with Crippen LogP contribution >= 0.6 is 0 Å². The molecular formula is C17H36N2O. The van der Waals surface area contributed by atoms with Gasteiger partial charge in [0.15, 0.2) is 0 Å². The van der Waals surface area contributed by atoms with Gasteiger partial charge in [0.1, 0.15) is 0 Å². The van der Waals surface area contributed by atoms with E-state index in [9.17, 15) is 0 Å². The van der Waals surface area contributed by atoms with Gasteiger partial charge in [-0.05, 0) is 65.0 Å². The third kappa shape index (κ3) is 7.61. The maximum Gasteiger partial charge on any atom is 0.0589 e. The Labute approximate surface area is 126 Å². The number of methoxy groups -OCH3 is 1. The van der Waals surface area contributed by atoms with Crippen LogP contribution in [0.25, 0.3) is 0 Å². The third-order valence-corrected chi connectivity index (χ3v) is 4.54. The van der Waals surface area contributed by atoms with Crippen LogP contribution in [-0.4, -0.2) is 50.3 Å². The molecule has 0 spiro atoms. The number of hydrogen-bond acceptors (Lipinski definition) is 3. The molecule has 0 amide bonds. The van der Waals surface area contributed by atoms with Gasteiger partial charge in [-0.3, -0.25) is 4.90 Å². The Hall–Kier alpha value is -0.120. The van der Waals surface area contributed by atoms with Gasteiger partial charge in [-0.25, -0.2) is 0 Å². The SMILES string of the molecule is CCCNC(C)CCCCN(CCOC)C(C)C1CC1. The van der Waals surface area contributed by atoms with Gasteiger partial charge in [0.2, 0.25) is 0 Å². The molecule has 1 saturated carbocycles. The second-order valence-corrected chi connectivity index (χ2v) is 6.46. The highest BCUT2D eigenvalue weighted by molar-refractivity contribution is 4.85. The molecule has 0 aromatic carbocycles. The zero-order valence-electron chi connectivity index (χ0n) is 14.2. The van der Waals surface area contributed by atoms with Gasteiger partial charge in [-0.15, -0.1) is 0 Å². The van der Waals surface area contributed by atoms with Crippen LogP contribution in [0.3, 0.4) is 0 Å². The van der Waals surface area contributed by atoms with E-state index in [1.54, 1.807) is 7.11 Å². The van der Waals surface area contributed by atoms with E-state index in [0.717, 1.165) is 31.7 Å². The first-order chi connectivity index (χ1) is 9.69. The molecule has 0 radical (unpaired) electrons. The fourth-order valence-electron chi connectivity index (χ4n) is 2.86. The minimum atomic E-state index is 0.670. The van der Waals surface area contributed by atoms with Crippen LogP contribution in [0.2, 0.25) is 0 Å². The molecule has 2 unspecified atom stereocenters. The summed E-state index contributed by atoms with van der Waals surface area (Å²) in [7, 11) is 1.81. The normalized spacial score (nSPS) is 18.4. The summed E-state index contributed by atoms with van der Waals surface area (Å²) < 4.78 is 5.26. The molecule has 1 rings (SSSR count). The maximum absolute atomic E-state index is 5.26. The van der Waals surface area contributed by atoms with E-state index in [1.807, 2.05) is 0 Å². The van der Waals surface area contributed by atoms with Crippen LogP contribution < -0.4 is 5.32 Å². The van der Waals surface area contributed by atoms with Crippen LogP contribution in [0.5, 0.6) is 0 Å². The summed E-state index contributed by atoms with van der Waals surface area (Å²) in [6, 6.07) is 1.42. The number of ether oxygens (including phenoxy) is 1. The van der Waals surface area contributed by atoms with Gasteiger partial charge in [0.25, 0.3) is 0 Å². The Balaban J connectivity index is 2.14. The Morgan fingerprint density at radius 3 is 2.55 bits per heavy atom. The minimum absolute atomic E-state index is 0.670. The van der Waals surface area contributed by atoms with Gasteiger partial charge in [-0.1, -0.05) is 13.3 Å². The average molecular weight is 284 g/mol. The zero-order valence-corrected chi connectivity index (χ0v) is 14.2. The summed E-state index contributed by atoms with van der Waals surface area (Å²) in [6.45, 7) is 11.3. The number of hydrogen-bond donors (Lipinski definition) is 1. The lowest BCUT2D eigenvalue weighted by molar-refractivity contribution is 0.115. The maximum atomic E-state index is 5.26. The number of nitrogens with one attached hydrogen (secondary N) is 1. The van der Waals surface area contributed by atoms with Gasteiger partial charge in [0.05, 0.1) is 6.61 Å². The molecule has 3 nitrogen and oxygen atoms in total. The standard InChI is InChI=1S/C17H36N2O/c1-5-11-18-15(2)8-6-7-12-19(13-14-20-4)16(3)17-9-10-17/h15-18H,5-14H2,1-4H3. The number of rotatable bonds is 13. The first-order valence-electron chi connectivity index (χ1n) is 8.65. The molecule has 0 aliphatic heterocycles. The van der Waals surface area contributed by atoms with E-state index in [4.69, 9.17) is 4.74 Å². The Bertz CT molecular complexity index is 231. The van der Waals surface area contributed by atoms with Crippen LogP contribution in [0.15, 0.2) is 0 Å². The molecule has 0 bridgehead atoms. The summed E-state index contributed by atoms with van der Waals surface area (Å²) >= 11 is 0. The van der Waals surface area contributed by atoms with Gasteiger partial charge in [-0.2, -0.15) is 0 Å². The van der Waals surface area contributed by atoms with Gasteiger partial charge >= 0.3 is 0 Å². The summed E-state index contributed by atoms with van der Waals surface area (Å²) in [4.78, 5) is 2.64. The van der Waals surface area contributed by atoms with E-state index in [2.05, 4.69) is 31.0 Å². The minimum Gasteiger partial charge on any atom is -0.383 e. The van der Waals surface area contributed by atoms with Crippen molar-refractivity contribution >= 4 is 0 Å². The highest BCUT2D eigenvalue weighted by atomic mass is 16.5. The monoisotopic (exact) mass is 284 g/mol. The number of nitrogens with zero attached hydrogens (tertiary/aromatic N) is 1. The predicted octanol–water partition coefficient (Wildman–Crippen LogP) is 3.29. The molecule has 0 heterocycles. The smallest absolute Gasteiger partial charge is 0.0589 e. The summed E-state index contributed by atoms with van der Waals surface area (Å²) in [5, 5.41) is 3.57. The van der Waals surface area contributed by atoms with Gasteiger partial charge < -0.3 is 10.1 Å². The second kappa shape index (κ2) is 10.6. The van der Waals surface area contributed by atoms with Crippen molar-refractivity contribution in [1.29, 1.82) is 0 Å². The lowest BCUT2D eigenvalue weighted by atomic mass is 10.1. The molecule has 1 aliphatic rings. The quantitative estimate of drug-likeness (QED) is 0.525. The van der Waals surface area contributed by atoms with E-state index in [-0.39, 0.29) is 0 Å². The first kappa shape index (κ1) is 17.9. The molecule has 0 saturated heterocycles. The highest BCUT2D eigenvalue weighted by Gasteiger charge is 2.31. The van der Waals surface area contributed by atoms with E-state index < -0.39 is 0 Å². The predicted molar refractivity (Wildman–Crippen MR) is 87.2 cm³/mol. The summed E-state index contributed by atoms with van der Waals surface area (Å²) in [5.41, 5.74) is 0. The molecule has 1 aliphatic carbocycles. The van der Waals surface area contributed by atoms with E-state index in [1.165, 1.54) is 45.1 Å². The molecule has 2 atom stereocenters. The first-order valence-corrected chi connectivity index (χ1v) is 8.65. The molecule has 20 heavy (non-hydrogen) atoms. The molecule has 3 heteroatoms. The van der Waals surface area contributed by atoms with Crippen LogP contribution in [0.1, 0.15) is 59.3 Å². The van der Waals surface area contributed by atoms with Crippen molar-refractivity contribution in [2.75, 3.05) is 33.4 Å². The van der Waals surface area contributed by atoms with Crippen molar-refractivity contribution in [2.24, 2.45) is 5.92 Å². The molecule has 120 valence electrons. The highest BCUT2D eigenvalue weighted by Crippen LogP contribution is 2.35. The lowest BCUT2D eigenvalue weighted by Crippen LogP contribution is -2.38. The van der Waals surface area contributed by atoms with E-state index >= 15 is 0 Å². The Morgan fingerprint density at radius 2 is 1.95 bits per heavy atom. The molecule has 0 aromatic rings. The summed E-state index contributed by atoms with van der Waals surface area (Å²) in [6.07, 6.45) is 8.05. The van der Waals surface area contributed by atoms with Crippen LogP contribution in [-0.2, 0) is 4.74 Å². The fourth-order valence-corrected chi connectivity index (χ4v) is 2.86. The molecular weight excluding hydrogens is 248 g/mol. The zero-order chi connectivity index (χ0) is 14.8. The van der Waals surface area contributed by atoms with Crippen molar-refractivity contribution in [3.8, 4) is 0 Å². The van der Waals surface area contributed by atoms with Crippen molar-refractivity contribution in [1.82, 2.24) is 10.2 Å². The second-order valence-electron chi connectivity index (χ2n) is 6.46. The van der Waals surface area contributed by atoms with Crippen LogP contribution in [0.4, 0.5) is 0 Å². The largest absolute Gasteiger partial charge is 0.383 e. The van der Waals surface area contributed by atoms with Crippen LogP contribution in [0, 0.1) is 5.92 Å². The van der Waals surface area contributed by atoms with Gasteiger partial charge in [0, 0.05) is 25.7 Å². The van der Waals surface area contributed by atoms with E-state index in [0.29, 0.717) is 6.04 Å². The topological polar surface area (TPSA) is 24.5 Å². The van der Waals surface area contributed by atoms with Crippen molar-refractivity contribution < 1.29 is 4.74 Å². The molecule has 1 N–H and O–H groups in total. The Morgan fingerprint density at radius 1 is 1.20 bits per heavy atom. The van der Waals surface area contributed by atoms with Crippen molar-refractivity contribution in [3.05, 3.63) is 0 Å². The average Bonchev–Trinajstić information content (AvgIpc) is 3.28. The van der Waals surface area contributed by atoms with Crippen molar-refractivity contribution in [3.63, 3.8) is 0 Å². The number of unbranched alkanes of at least 4 members (excludes halogenated alkanes) is 1. The fraction of sp³-hybridized carbons (Fsp3) is 1.00. The molecule has 0 aromatic heterocycles. The van der Waals surface area contributed by atoms with Crippen molar-refractivity contribution in [2.45, 2.75) is 71.4 Å². The molecule has 1 fully saturated rings.